The Bertz CT molecular complexity index is 550. The Hall–Kier alpha value is -1.27. The minimum absolute atomic E-state index is 0.0806. The van der Waals surface area contributed by atoms with Gasteiger partial charge < -0.3 is 0 Å². The van der Waals surface area contributed by atoms with E-state index in [9.17, 15) is 4.79 Å². The molecule has 0 bridgehead atoms. The van der Waals surface area contributed by atoms with E-state index in [4.69, 9.17) is 11.6 Å². The van der Waals surface area contributed by atoms with Gasteiger partial charge in [0.05, 0.1) is 40.8 Å². The number of Topliss-reactive ketones (excluding diaryl/α,β-unsaturated/α-hetero) is 1. The number of hydrogen-bond donors (Lipinski definition) is 0. The van der Waals surface area contributed by atoms with Crippen molar-refractivity contribution in [2.45, 2.75) is 33.2 Å². The monoisotopic (exact) mass is 284 g/mol. The van der Waals surface area contributed by atoms with Crippen LogP contribution in [0.5, 0.6) is 0 Å². The summed E-state index contributed by atoms with van der Waals surface area (Å²) in [7, 11) is 0. The standard InChI is InChI=1S/C11H13ClN4OS/c1-3-7-11(12)9(16(4-2)14-7)5-10(17)8-6-13-18-15-8/h6H,3-5H2,1-2H3. The van der Waals surface area contributed by atoms with E-state index < -0.39 is 0 Å². The molecule has 96 valence electrons. The van der Waals surface area contributed by atoms with E-state index in [2.05, 4.69) is 13.8 Å². The zero-order valence-corrected chi connectivity index (χ0v) is 11.8. The normalized spacial score (nSPS) is 10.8. The van der Waals surface area contributed by atoms with Crippen LogP contribution in [0.3, 0.4) is 0 Å². The number of aromatic nitrogens is 4. The van der Waals surface area contributed by atoms with Gasteiger partial charge >= 0.3 is 0 Å². The first kappa shape index (κ1) is 13.2. The second-order valence-electron chi connectivity index (χ2n) is 3.77. The molecule has 0 saturated carbocycles. The summed E-state index contributed by atoms with van der Waals surface area (Å²) in [5, 5.41) is 4.97. The average Bonchev–Trinajstić information content (AvgIpc) is 2.99. The largest absolute Gasteiger partial charge is 0.292 e. The Kier molecular flexibility index (Phi) is 4.08. The van der Waals surface area contributed by atoms with Crippen molar-refractivity contribution < 1.29 is 4.79 Å². The van der Waals surface area contributed by atoms with Crippen LogP contribution in [0.2, 0.25) is 5.02 Å². The fourth-order valence-corrected chi connectivity index (χ4v) is 2.48. The van der Waals surface area contributed by atoms with Crippen LogP contribution in [0, 0.1) is 0 Å². The van der Waals surface area contributed by atoms with Crippen molar-refractivity contribution in [3.8, 4) is 0 Å². The quantitative estimate of drug-likeness (QED) is 0.791. The number of hydrogen-bond acceptors (Lipinski definition) is 5. The molecule has 0 atom stereocenters. The lowest BCUT2D eigenvalue weighted by atomic mass is 10.1. The molecule has 0 aliphatic rings. The molecule has 0 amide bonds. The third kappa shape index (κ3) is 2.44. The van der Waals surface area contributed by atoms with Crippen molar-refractivity contribution in [1.82, 2.24) is 18.5 Å². The van der Waals surface area contributed by atoms with Gasteiger partial charge in [-0.2, -0.15) is 13.8 Å². The molecule has 2 aromatic rings. The lowest BCUT2D eigenvalue weighted by molar-refractivity contribution is 0.0986. The zero-order chi connectivity index (χ0) is 13.1. The van der Waals surface area contributed by atoms with Gasteiger partial charge in [-0.1, -0.05) is 18.5 Å². The highest BCUT2D eigenvalue weighted by atomic mass is 35.5. The predicted molar refractivity (Wildman–Crippen MR) is 70.2 cm³/mol. The van der Waals surface area contributed by atoms with Crippen LogP contribution in [0.15, 0.2) is 6.20 Å². The molecule has 0 spiro atoms. The predicted octanol–water partition coefficient (Wildman–Crippen LogP) is 2.40. The highest BCUT2D eigenvalue weighted by molar-refractivity contribution is 6.99. The van der Waals surface area contributed by atoms with Crippen LogP contribution in [0.1, 0.15) is 35.7 Å². The first-order valence-corrected chi connectivity index (χ1v) is 6.83. The lowest BCUT2D eigenvalue weighted by Crippen LogP contribution is -2.10. The lowest BCUT2D eigenvalue weighted by Gasteiger charge is -2.03. The first-order chi connectivity index (χ1) is 8.67. The van der Waals surface area contributed by atoms with Crippen LogP contribution in [-0.2, 0) is 19.4 Å². The zero-order valence-electron chi connectivity index (χ0n) is 10.2. The molecule has 2 rings (SSSR count). The van der Waals surface area contributed by atoms with Crippen LogP contribution < -0.4 is 0 Å². The smallest absolute Gasteiger partial charge is 0.189 e. The van der Waals surface area contributed by atoms with Crippen molar-refractivity contribution in [1.29, 1.82) is 0 Å². The maximum Gasteiger partial charge on any atom is 0.189 e. The van der Waals surface area contributed by atoms with Crippen LogP contribution in [0.25, 0.3) is 0 Å². The highest BCUT2D eigenvalue weighted by Gasteiger charge is 2.19. The second-order valence-corrected chi connectivity index (χ2v) is 4.70. The first-order valence-electron chi connectivity index (χ1n) is 5.72. The molecular weight excluding hydrogens is 272 g/mol. The molecule has 5 nitrogen and oxygen atoms in total. The van der Waals surface area contributed by atoms with Gasteiger partial charge in [0.25, 0.3) is 0 Å². The summed E-state index contributed by atoms with van der Waals surface area (Å²) in [5.74, 6) is -0.0806. The van der Waals surface area contributed by atoms with Gasteiger partial charge in [-0.05, 0) is 13.3 Å². The Balaban J connectivity index is 2.28. The van der Waals surface area contributed by atoms with Crippen LogP contribution >= 0.6 is 23.3 Å². The van der Waals surface area contributed by atoms with Crippen LogP contribution in [-0.4, -0.2) is 24.3 Å². The summed E-state index contributed by atoms with van der Waals surface area (Å²) < 4.78 is 9.53. The highest BCUT2D eigenvalue weighted by Crippen LogP contribution is 2.23. The number of nitrogens with zero attached hydrogens (tertiary/aromatic N) is 4. The number of carbonyl (C=O) groups is 1. The number of carbonyl (C=O) groups excluding carboxylic acids is 1. The van der Waals surface area contributed by atoms with Crippen LogP contribution in [0.4, 0.5) is 0 Å². The average molecular weight is 285 g/mol. The molecule has 0 unspecified atom stereocenters. The number of ketones is 1. The third-order valence-corrected chi connectivity index (χ3v) is 3.58. The topological polar surface area (TPSA) is 60.7 Å². The summed E-state index contributed by atoms with van der Waals surface area (Å²) in [6, 6.07) is 0. The number of halogens is 1. The van der Waals surface area contributed by atoms with Gasteiger partial charge in [0.1, 0.15) is 5.69 Å². The summed E-state index contributed by atoms with van der Waals surface area (Å²) in [4.78, 5) is 12.0. The summed E-state index contributed by atoms with van der Waals surface area (Å²) in [6.07, 6.45) is 2.45. The van der Waals surface area contributed by atoms with E-state index in [0.717, 1.165) is 29.5 Å². The summed E-state index contributed by atoms with van der Waals surface area (Å²) in [5.41, 5.74) is 1.98. The van der Waals surface area contributed by atoms with Gasteiger partial charge in [-0.15, -0.1) is 0 Å². The maximum absolute atomic E-state index is 12.0. The fourth-order valence-electron chi connectivity index (χ4n) is 1.72. The number of aryl methyl sites for hydroxylation is 2. The Morgan fingerprint density at radius 1 is 1.50 bits per heavy atom. The van der Waals surface area contributed by atoms with Gasteiger partial charge in [-0.3, -0.25) is 9.48 Å². The molecule has 2 heterocycles. The fraction of sp³-hybridized carbons (Fsp3) is 0.455. The van der Waals surface area contributed by atoms with E-state index >= 15 is 0 Å². The molecule has 7 heteroatoms. The maximum atomic E-state index is 12.0. The van der Waals surface area contributed by atoms with E-state index in [-0.39, 0.29) is 12.2 Å². The Morgan fingerprint density at radius 2 is 2.28 bits per heavy atom. The minimum atomic E-state index is -0.0806. The van der Waals surface area contributed by atoms with E-state index in [1.165, 1.54) is 6.20 Å². The molecular formula is C11H13ClN4OS. The summed E-state index contributed by atoms with van der Waals surface area (Å²) in [6.45, 7) is 4.66. The molecule has 0 aliphatic heterocycles. The van der Waals surface area contributed by atoms with Crippen molar-refractivity contribution in [3.63, 3.8) is 0 Å². The van der Waals surface area contributed by atoms with Crippen molar-refractivity contribution in [2.24, 2.45) is 0 Å². The van der Waals surface area contributed by atoms with E-state index in [0.29, 0.717) is 17.3 Å². The molecule has 0 saturated heterocycles. The SMILES string of the molecule is CCc1nn(CC)c(CC(=O)c2cnsn2)c1Cl. The van der Waals surface area contributed by atoms with Gasteiger partial charge in [0, 0.05) is 6.54 Å². The van der Waals surface area contributed by atoms with Crippen molar-refractivity contribution in [3.05, 3.63) is 28.3 Å². The third-order valence-electron chi connectivity index (χ3n) is 2.67. The second kappa shape index (κ2) is 5.58. The Morgan fingerprint density at radius 3 is 2.83 bits per heavy atom. The molecule has 0 aliphatic carbocycles. The van der Waals surface area contributed by atoms with Crippen molar-refractivity contribution in [2.75, 3.05) is 0 Å². The molecule has 0 aromatic carbocycles. The molecule has 0 radical (unpaired) electrons. The minimum Gasteiger partial charge on any atom is -0.292 e. The number of rotatable bonds is 5. The van der Waals surface area contributed by atoms with Gasteiger partial charge in [0.15, 0.2) is 5.78 Å². The Labute approximate surface area is 114 Å². The van der Waals surface area contributed by atoms with Gasteiger partial charge in [0.2, 0.25) is 0 Å². The van der Waals surface area contributed by atoms with Gasteiger partial charge in [-0.25, -0.2) is 0 Å². The molecule has 0 fully saturated rings. The van der Waals surface area contributed by atoms with E-state index in [1.807, 2.05) is 13.8 Å². The van der Waals surface area contributed by atoms with E-state index in [1.54, 1.807) is 4.68 Å². The molecule has 18 heavy (non-hydrogen) atoms. The molecule has 2 aromatic heterocycles. The molecule has 0 N–H and O–H groups in total. The van der Waals surface area contributed by atoms with Crippen molar-refractivity contribution >= 4 is 29.1 Å². The summed E-state index contributed by atoms with van der Waals surface area (Å²) >= 11 is 7.27.